The third-order valence-electron chi connectivity index (χ3n) is 4.75. The highest BCUT2D eigenvalue weighted by Gasteiger charge is 2.22. The molecule has 4 aromatic rings. The van der Waals surface area contributed by atoms with Gasteiger partial charge in [0.15, 0.2) is 11.4 Å². The van der Waals surface area contributed by atoms with Crippen LogP contribution >= 0.6 is 0 Å². The molecule has 0 radical (unpaired) electrons. The molecule has 0 aliphatic heterocycles. The predicted octanol–water partition coefficient (Wildman–Crippen LogP) is 2.63. The average Bonchev–Trinajstić information content (AvgIpc) is 3.31. The number of H-pyrrole nitrogens is 1. The van der Waals surface area contributed by atoms with E-state index in [4.69, 9.17) is 5.73 Å². The number of aryl methyl sites for hydroxylation is 1. The molecule has 0 bridgehead atoms. The standard InChI is InChI=1S/C21H19N7O2/c1-12-17(19(20(22)29)25-24-12)23-21(30)18-13(2)28(27-26-18)16-10-8-15(9-11-16)14-6-4-3-5-7-14/h3-11H,1-2H3,(H2,22,29)(H,23,30)(H,24,25). The summed E-state index contributed by atoms with van der Waals surface area (Å²) in [4.78, 5) is 24.2. The van der Waals surface area contributed by atoms with E-state index in [1.165, 1.54) is 0 Å². The third kappa shape index (κ3) is 3.44. The second kappa shape index (κ2) is 7.63. The molecule has 150 valence electrons. The summed E-state index contributed by atoms with van der Waals surface area (Å²) in [5, 5.41) is 17.2. The Morgan fingerprint density at radius 1 is 0.967 bits per heavy atom. The van der Waals surface area contributed by atoms with E-state index < -0.39 is 11.8 Å². The molecule has 0 atom stereocenters. The fourth-order valence-electron chi connectivity index (χ4n) is 3.14. The first kappa shape index (κ1) is 19.1. The summed E-state index contributed by atoms with van der Waals surface area (Å²) in [7, 11) is 0. The molecule has 0 spiro atoms. The highest BCUT2D eigenvalue weighted by Crippen LogP contribution is 2.22. The van der Waals surface area contributed by atoms with Crippen molar-refractivity contribution in [2.75, 3.05) is 5.32 Å². The maximum absolute atomic E-state index is 12.7. The Hall–Kier alpha value is -4.27. The van der Waals surface area contributed by atoms with Crippen LogP contribution in [0.2, 0.25) is 0 Å². The van der Waals surface area contributed by atoms with Gasteiger partial charge in [0.05, 0.1) is 22.8 Å². The van der Waals surface area contributed by atoms with Gasteiger partial charge in [-0.2, -0.15) is 5.10 Å². The lowest BCUT2D eigenvalue weighted by Crippen LogP contribution is -2.19. The van der Waals surface area contributed by atoms with Crippen molar-refractivity contribution in [3.63, 3.8) is 0 Å². The molecule has 0 saturated carbocycles. The molecule has 30 heavy (non-hydrogen) atoms. The van der Waals surface area contributed by atoms with Gasteiger partial charge in [-0.15, -0.1) is 5.10 Å². The van der Waals surface area contributed by atoms with Crippen molar-refractivity contribution < 1.29 is 9.59 Å². The minimum absolute atomic E-state index is 0.0394. The number of nitrogens with two attached hydrogens (primary N) is 1. The molecule has 4 rings (SSSR count). The second-order valence-electron chi connectivity index (χ2n) is 6.74. The second-order valence-corrected chi connectivity index (χ2v) is 6.74. The van der Waals surface area contributed by atoms with E-state index in [0.29, 0.717) is 11.4 Å². The first-order valence-electron chi connectivity index (χ1n) is 9.20. The fraction of sp³-hybridized carbons (Fsp3) is 0.0952. The molecule has 0 aliphatic rings. The van der Waals surface area contributed by atoms with E-state index in [0.717, 1.165) is 16.8 Å². The van der Waals surface area contributed by atoms with Crippen molar-refractivity contribution in [3.8, 4) is 16.8 Å². The van der Waals surface area contributed by atoms with Crippen LogP contribution in [0.3, 0.4) is 0 Å². The molecular formula is C21H19N7O2. The highest BCUT2D eigenvalue weighted by molar-refractivity contribution is 6.08. The molecule has 9 nitrogen and oxygen atoms in total. The van der Waals surface area contributed by atoms with Crippen LogP contribution < -0.4 is 11.1 Å². The fourth-order valence-corrected chi connectivity index (χ4v) is 3.14. The summed E-state index contributed by atoms with van der Waals surface area (Å²) in [5.74, 6) is -1.25. The first-order valence-corrected chi connectivity index (χ1v) is 9.20. The Morgan fingerprint density at radius 3 is 2.30 bits per heavy atom. The van der Waals surface area contributed by atoms with Gasteiger partial charge in [-0.25, -0.2) is 4.68 Å². The number of carbonyl (C=O) groups excluding carboxylic acids is 2. The zero-order chi connectivity index (χ0) is 21.3. The zero-order valence-corrected chi connectivity index (χ0v) is 16.4. The van der Waals surface area contributed by atoms with Crippen LogP contribution in [0.4, 0.5) is 5.69 Å². The van der Waals surface area contributed by atoms with Gasteiger partial charge in [0, 0.05) is 0 Å². The topological polar surface area (TPSA) is 132 Å². The molecular weight excluding hydrogens is 382 g/mol. The molecule has 2 heterocycles. The minimum Gasteiger partial charge on any atom is -0.364 e. The largest absolute Gasteiger partial charge is 0.364 e. The Labute approximate surface area is 171 Å². The first-order chi connectivity index (χ1) is 14.5. The summed E-state index contributed by atoms with van der Waals surface area (Å²) >= 11 is 0. The van der Waals surface area contributed by atoms with E-state index >= 15 is 0 Å². The van der Waals surface area contributed by atoms with Crippen LogP contribution in [0.15, 0.2) is 54.6 Å². The maximum Gasteiger partial charge on any atom is 0.278 e. The summed E-state index contributed by atoms with van der Waals surface area (Å²) in [6.45, 7) is 3.42. The van der Waals surface area contributed by atoms with E-state index in [1.54, 1.807) is 18.5 Å². The summed E-state index contributed by atoms with van der Waals surface area (Å²) < 4.78 is 1.58. The van der Waals surface area contributed by atoms with Gasteiger partial charge in [-0.05, 0) is 37.1 Å². The normalized spacial score (nSPS) is 10.7. The Kier molecular flexibility index (Phi) is 4.85. The number of rotatable bonds is 5. The van der Waals surface area contributed by atoms with Crippen molar-refractivity contribution >= 4 is 17.5 Å². The Balaban J connectivity index is 1.59. The van der Waals surface area contributed by atoms with Crippen LogP contribution in [-0.4, -0.2) is 37.0 Å². The van der Waals surface area contributed by atoms with E-state index in [-0.39, 0.29) is 17.1 Å². The van der Waals surface area contributed by atoms with Crippen LogP contribution in [0.5, 0.6) is 0 Å². The lowest BCUT2D eigenvalue weighted by atomic mass is 10.1. The number of aromatic amines is 1. The number of benzene rings is 2. The maximum atomic E-state index is 12.7. The molecule has 0 unspecified atom stereocenters. The summed E-state index contributed by atoms with van der Waals surface area (Å²) in [5.41, 5.74) is 9.66. The molecule has 0 fully saturated rings. The van der Waals surface area contributed by atoms with E-state index in [1.807, 2.05) is 54.6 Å². The van der Waals surface area contributed by atoms with Gasteiger partial charge in [0.2, 0.25) is 0 Å². The number of hydrogen-bond donors (Lipinski definition) is 3. The number of hydrogen-bond acceptors (Lipinski definition) is 5. The summed E-state index contributed by atoms with van der Waals surface area (Å²) in [6.07, 6.45) is 0. The Morgan fingerprint density at radius 2 is 1.63 bits per heavy atom. The number of primary amides is 1. The lowest BCUT2D eigenvalue weighted by Gasteiger charge is -2.07. The molecule has 0 aliphatic carbocycles. The molecule has 2 aromatic heterocycles. The number of anilines is 1. The van der Waals surface area contributed by atoms with Gasteiger partial charge in [-0.3, -0.25) is 14.7 Å². The molecule has 2 amide bonds. The lowest BCUT2D eigenvalue weighted by molar-refractivity contribution is 0.0996. The number of aromatic nitrogens is 5. The molecule has 9 heteroatoms. The average molecular weight is 401 g/mol. The van der Waals surface area contributed by atoms with Crippen LogP contribution in [0.1, 0.15) is 32.4 Å². The van der Waals surface area contributed by atoms with Crippen LogP contribution in [0.25, 0.3) is 16.8 Å². The molecule has 2 aromatic carbocycles. The number of amides is 2. The predicted molar refractivity (Wildman–Crippen MR) is 111 cm³/mol. The highest BCUT2D eigenvalue weighted by atomic mass is 16.2. The van der Waals surface area contributed by atoms with Crippen molar-refractivity contribution in [3.05, 3.63) is 77.4 Å². The van der Waals surface area contributed by atoms with Gasteiger partial charge in [0.25, 0.3) is 11.8 Å². The molecule has 4 N–H and O–H groups in total. The third-order valence-corrected chi connectivity index (χ3v) is 4.75. The zero-order valence-electron chi connectivity index (χ0n) is 16.4. The number of nitrogens with zero attached hydrogens (tertiary/aromatic N) is 4. The molecule has 0 saturated heterocycles. The van der Waals surface area contributed by atoms with Crippen molar-refractivity contribution in [2.24, 2.45) is 5.73 Å². The monoisotopic (exact) mass is 401 g/mol. The van der Waals surface area contributed by atoms with Crippen molar-refractivity contribution in [2.45, 2.75) is 13.8 Å². The van der Waals surface area contributed by atoms with Crippen molar-refractivity contribution in [1.29, 1.82) is 0 Å². The van der Waals surface area contributed by atoms with E-state index in [2.05, 4.69) is 25.8 Å². The van der Waals surface area contributed by atoms with Crippen molar-refractivity contribution in [1.82, 2.24) is 25.2 Å². The Bertz CT molecular complexity index is 1220. The van der Waals surface area contributed by atoms with Gasteiger partial charge >= 0.3 is 0 Å². The van der Waals surface area contributed by atoms with Gasteiger partial charge in [-0.1, -0.05) is 47.7 Å². The van der Waals surface area contributed by atoms with Crippen LogP contribution in [0, 0.1) is 13.8 Å². The minimum atomic E-state index is -0.742. The van der Waals surface area contributed by atoms with Gasteiger partial charge in [0.1, 0.15) is 0 Å². The summed E-state index contributed by atoms with van der Waals surface area (Å²) in [6, 6.07) is 17.8. The van der Waals surface area contributed by atoms with Crippen LogP contribution in [-0.2, 0) is 0 Å². The quantitative estimate of drug-likeness (QED) is 0.473. The smallest absolute Gasteiger partial charge is 0.278 e. The van der Waals surface area contributed by atoms with E-state index in [9.17, 15) is 9.59 Å². The number of nitrogens with one attached hydrogen (secondary N) is 2. The SMILES string of the molecule is Cc1[nH]nc(C(N)=O)c1NC(=O)c1nnn(-c2ccc(-c3ccccc3)cc2)c1C. The van der Waals surface area contributed by atoms with Gasteiger partial charge < -0.3 is 11.1 Å². The number of carbonyl (C=O) groups is 2.